The summed E-state index contributed by atoms with van der Waals surface area (Å²) in [4.78, 5) is 0. The van der Waals surface area contributed by atoms with Crippen LogP contribution in [0.2, 0.25) is 0 Å². The van der Waals surface area contributed by atoms with E-state index in [-0.39, 0.29) is 11.6 Å². The van der Waals surface area contributed by atoms with Gasteiger partial charge in [0.15, 0.2) is 0 Å². The molecule has 0 saturated carbocycles. The zero-order chi connectivity index (χ0) is 11.9. The first-order valence-electron chi connectivity index (χ1n) is 5.72. The Kier molecular flexibility index (Phi) is 6.81. The van der Waals surface area contributed by atoms with Crippen LogP contribution in [0.3, 0.4) is 0 Å². The van der Waals surface area contributed by atoms with Gasteiger partial charge in [0.25, 0.3) is 0 Å². The molecule has 0 spiro atoms. The molecule has 1 atom stereocenters. The molecule has 0 bridgehead atoms. The predicted octanol–water partition coefficient (Wildman–Crippen LogP) is 2.38. The first kappa shape index (κ1) is 14.6. The fourth-order valence-corrected chi connectivity index (χ4v) is 2.06. The summed E-state index contributed by atoms with van der Waals surface area (Å²) in [7, 11) is 1.76. The van der Waals surface area contributed by atoms with E-state index in [4.69, 9.17) is 10.6 Å². The van der Waals surface area contributed by atoms with Crippen LogP contribution in [-0.2, 0) is 4.74 Å². The van der Waals surface area contributed by atoms with Gasteiger partial charge < -0.3 is 4.74 Å². The van der Waals surface area contributed by atoms with Crippen LogP contribution in [0.15, 0.2) is 12.2 Å². The van der Waals surface area contributed by atoms with Gasteiger partial charge in [-0.3, -0.25) is 11.3 Å². The number of hydrogen-bond donors (Lipinski definition) is 2. The molecular formula is C12H26N2O. The van der Waals surface area contributed by atoms with E-state index in [0.29, 0.717) is 0 Å². The lowest BCUT2D eigenvalue weighted by Gasteiger charge is -2.38. The van der Waals surface area contributed by atoms with Crippen molar-refractivity contribution in [3.8, 4) is 0 Å². The van der Waals surface area contributed by atoms with Crippen molar-refractivity contribution < 1.29 is 4.74 Å². The van der Waals surface area contributed by atoms with Gasteiger partial charge in [-0.2, -0.15) is 0 Å². The molecule has 0 fully saturated rings. The number of hydrogen-bond acceptors (Lipinski definition) is 3. The van der Waals surface area contributed by atoms with E-state index in [1.807, 2.05) is 6.92 Å². The Bertz CT molecular complexity index is 180. The van der Waals surface area contributed by atoms with Crippen molar-refractivity contribution in [1.29, 1.82) is 0 Å². The molecule has 3 N–H and O–H groups in total. The van der Waals surface area contributed by atoms with Gasteiger partial charge in [0.2, 0.25) is 0 Å². The molecule has 0 aliphatic carbocycles. The van der Waals surface area contributed by atoms with Crippen LogP contribution in [-0.4, -0.2) is 18.8 Å². The van der Waals surface area contributed by atoms with E-state index in [2.05, 4.69) is 25.9 Å². The Labute approximate surface area is 94.0 Å². The Balaban J connectivity index is 4.51. The minimum Gasteiger partial charge on any atom is -0.377 e. The summed E-state index contributed by atoms with van der Waals surface area (Å²) < 4.78 is 5.65. The number of rotatable bonds is 8. The van der Waals surface area contributed by atoms with Gasteiger partial charge in [0.05, 0.1) is 11.6 Å². The van der Waals surface area contributed by atoms with Gasteiger partial charge in [-0.25, -0.2) is 0 Å². The summed E-state index contributed by atoms with van der Waals surface area (Å²) in [5, 5.41) is 0. The Morgan fingerprint density at radius 1 is 1.47 bits per heavy atom. The summed E-state index contributed by atoms with van der Waals surface area (Å²) in [5.41, 5.74) is 3.92. The van der Waals surface area contributed by atoms with Crippen molar-refractivity contribution in [1.82, 2.24) is 5.43 Å². The molecule has 15 heavy (non-hydrogen) atoms. The summed E-state index contributed by atoms with van der Waals surface area (Å²) in [6.07, 6.45) is 3.89. The van der Waals surface area contributed by atoms with E-state index in [1.54, 1.807) is 7.11 Å². The predicted molar refractivity (Wildman–Crippen MR) is 65.5 cm³/mol. The molecule has 3 heteroatoms. The third kappa shape index (κ3) is 3.93. The van der Waals surface area contributed by atoms with Crippen LogP contribution in [0, 0.1) is 0 Å². The molecule has 0 rings (SSSR count). The molecule has 0 aromatic heterocycles. The maximum atomic E-state index is 5.65. The quantitative estimate of drug-likeness (QED) is 0.370. The number of hydrazine groups is 1. The maximum Gasteiger partial charge on any atom is 0.0839 e. The van der Waals surface area contributed by atoms with Gasteiger partial charge >= 0.3 is 0 Å². The van der Waals surface area contributed by atoms with Crippen LogP contribution in [0.25, 0.3) is 0 Å². The second-order valence-electron chi connectivity index (χ2n) is 4.19. The lowest BCUT2D eigenvalue weighted by Crippen LogP contribution is -2.54. The van der Waals surface area contributed by atoms with Crippen molar-refractivity contribution in [2.24, 2.45) is 5.84 Å². The molecule has 3 nitrogen and oxygen atoms in total. The second-order valence-corrected chi connectivity index (χ2v) is 4.19. The monoisotopic (exact) mass is 214 g/mol. The van der Waals surface area contributed by atoms with Crippen LogP contribution in [0.4, 0.5) is 0 Å². The van der Waals surface area contributed by atoms with E-state index >= 15 is 0 Å². The van der Waals surface area contributed by atoms with Crippen molar-refractivity contribution in [3.05, 3.63) is 12.2 Å². The first-order chi connectivity index (χ1) is 7.06. The average molecular weight is 214 g/mol. The van der Waals surface area contributed by atoms with Crippen molar-refractivity contribution in [2.75, 3.05) is 7.11 Å². The SMILES string of the molecule is C=C(C)CCC(NN)C(CC)(CC)OC. The lowest BCUT2D eigenvalue weighted by atomic mass is 9.85. The van der Waals surface area contributed by atoms with E-state index in [1.165, 1.54) is 5.57 Å². The topological polar surface area (TPSA) is 47.3 Å². The van der Waals surface area contributed by atoms with Gasteiger partial charge in [-0.1, -0.05) is 19.4 Å². The molecule has 0 aliphatic rings. The number of methoxy groups -OCH3 is 1. The molecule has 0 aliphatic heterocycles. The third-order valence-electron chi connectivity index (χ3n) is 3.30. The highest BCUT2D eigenvalue weighted by Gasteiger charge is 2.34. The van der Waals surface area contributed by atoms with Crippen molar-refractivity contribution in [3.63, 3.8) is 0 Å². The van der Waals surface area contributed by atoms with Gasteiger partial charge in [0.1, 0.15) is 0 Å². The maximum absolute atomic E-state index is 5.65. The fraction of sp³-hybridized carbons (Fsp3) is 0.833. The molecule has 0 heterocycles. The Morgan fingerprint density at radius 2 is 2.00 bits per heavy atom. The molecule has 0 aromatic carbocycles. The van der Waals surface area contributed by atoms with Crippen LogP contribution >= 0.6 is 0 Å². The molecule has 0 aromatic rings. The van der Waals surface area contributed by atoms with E-state index in [9.17, 15) is 0 Å². The third-order valence-corrected chi connectivity index (χ3v) is 3.30. The van der Waals surface area contributed by atoms with Crippen LogP contribution < -0.4 is 11.3 Å². The summed E-state index contributed by atoms with van der Waals surface area (Å²) in [6, 6.07) is 0.189. The van der Waals surface area contributed by atoms with Crippen LogP contribution in [0.1, 0.15) is 46.5 Å². The first-order valence-corrected chi connectivity index (χ1v) is 5.72. The Hall–Kier alpha value is -0.380. The highest BCUT2D eigenvalue weighted by atomic mass is 16.5. The second kappa shape index (κ2) is 6.99. The molecule has 0 radical (unpaired) electrons. The summed E-state index contributed by atoms with van der Waals surface area (Å²) >= 11 is 0. The number of ether oxygens (including phenoxy) is 1. The average Bonchev–Trinajstić information content (AvgIpc) is 2.24. The molecule has 1 unspecified atom stereocenters. The van der Waals surface area contributed by atoms with Crippen molar-refractivity contribution >= 4 is 0 Å². The standard InChI is InChI=1S/C12H26N2O/c1-6-12(7-2,15-5)11(14-13)9-8-10(3)4/h11,14H,3,6-9,13H2,1-2,4-5H3. The highest BCUT2D eigenvalue weighted by Crippen LogP contribution is 2.27. The number of nitrogens with one attached hydrogen (secondary N) is 1. The van der Waals surface area contributed by atoms with Gasteiger partial charge in [0, 0.05) is 7.11 Å². The fourth-order valence-electron chi connectivity index (χ4n) is 2.06. The van der Waals surface area contributed by atoms with E-state index in [0.717, 1.165) is 25.7 Å². The van der Waals surface area contributed by atoms with E-state index < -0.39 is 0 Å². The molecule has 0 amide bonds. The highest BCUT2D eigenvalue weighted by molar-refractivity contribution is 4.95. The molecular weight excluding hydrogens is 188 g/mol. The normalized spacial score (nSPS) is 13.9. The zero-order valence-electron chi connectivity index (χ0n) is 10.6. The summed E-state index contributed by atoms with van der Waals surface area (Å²) in [5.74, 6) is 5.61. The minimum absolute atomic E-state index is 0.149. The molecule has 90 valence electrons. The molecule has 0 saturated heterocycles. The zero-order valence-corrected chi connectivity index (χ0v) is 10.6. The smallest absolute Gasteiger partial charge is 0.0839 e. The number of nitrogens with two attached hydrogens (primary N) is 1. The lowest BCUT2D eigenvalue weighted by molar-refractivity contribution is -0.0493. The summed E-state index contributed by atoms with van der Waals surface area (Å²) in [6.45, 7) is 10.2. The van der Waals surface area contributed by atoms with Gasteiger partial charge in [-0.05, 0) is 32.6 Å². The minimum atomic E-state index is -0.149. The van der Waals surface area contributed by atoms with Gasteiger partial charge in [-0.15, -0.1) is 6.58 Å². The van der Waals surface area contributed by atoms with Crippen LogP contribution in [0.5, 0.6) is 0 Å². The largest absolute Gasteiger partial charge is 0.377 e. The van der Waals surface area contributed by atoms with Crippen molar-refractivity contribution in [2.45, 2.75) is 58.1 Å². The number of allylic oxidation sites excluding steroid dienone is 1. The Morgan fingerprint density at radius 3 is 2.27 bits per heavy atom.